The summed E-state index contributed by atoms with van der Waals surface area (Å²) in [6, 6.07) is 18.6. The van der Waals surface area contributed by atoms with Crippen LogP contribution >= 0.6 is 11.3 Å². The Kier molecular flexibility index (Phi) is 8.86. The third kappa shape index (κ3) is 5.86. The van der Waals surface area contributed by atoms with Crippen LogP contribution in [-0.4, -0.2) is 41.3 Å². The van der Waals surface area contributed by atoms with Crippen molar-refractivity contribution in [2.24, 2.45) is 0 Å². The molecular weight excluding hydrogens is 466 g/mol. The Morgan fingerprint density at radius 1 is 1.06 bits per heavy atom. The number of ether oxygens (including phenoxy) is 1. The molecule has 0 aliphatic heterocycles. The Bertz CT molecular complexity index is 1320. The molecule has 3 rings (SSSR count). The molecule has 0 saturated heterocycles. The largest absolute Gasteiger partial charge is 0.380 e. The lowest BCUT2D eigenvalue weighted by Crippen LogP contribution is -2.28. The highest BCUT2D eigenvalue weighted by molar-refractivity contribution is 7.93. The third-order valence-electron chi connectivity index (χ3n) is 5.67. The van der Waals surface area contributed by atoms with Crippen molar-refractivity contribution >= 4 is 43.4 Å². The van der Waals surface area contributed by atoms with Gasteiger partial charge in [-0.1, -0.05) is 18.2 Å². The highest BCUT2D eigenvalue weighted by Crippen LogP contribution is 2.35. The average molecular weight is 498 g/mol. The van der Waals surface area contributed by atoms with Crippen LogP contribution in [0.3, 0.4) is 0 Å². The average Bonchev–Trinajstić information content (AvgIpc) is 3.33. The first-order valence-electron chi connectivity index (χ1n) is 11.4. The molecule has 8 heteroatoms. The number of fused-ring (bicyclic) bond motifs is 1. The van der Waals surface area contributed by atoms with Gasteiger partial charge in [0.25, 0.3) is 10.0 Å². The van der Waals surface area contributed by atoms with E-state index in [1.165, 1.54) is 22.4 Å². The van der Waals surface area contributed by atoms with Crippen molar-refractivity contribution < 1.29 is 13.2 Å². The van der Waals surface area contributed by atoms with Crippen molar-refractivity contribution in [3.05, 3.63) is 58.3 Å². The van der Waals surface area contributed by atoms with Crippen molar-refractivity contribution in [3.63, 3.8) is 0 Å². The topological polar surface area (TPSA) is 82.4 Å². The molecule has 1 N–H and O–H groups in total. The molecule has 6 nitrogen and oxygen atoms in total. The first-order valence-corrected chi connectivity index (χ1v) is 13.7. The molecule has 1 aromatic heterocycles. The lowest BCUT2D eigenvalue weighted by atomic mass is 10.0. The Labute approximate surface area is 206 Å². The van der Waals surface area contributed by atoms with Crippen molar-refractivity contribution in [1.29, 1.82) is 5.26 Å². The number of benzene rings is 2. The summed E-state index contributed by atoms with van der Waals surface area (Å²) >= 11 is 1.48. The summed E-state index contributed by atoms with van der Waals surface area (Å²) < 4.78 is 32.9. The summed E-state index contributed by atoms with van der Waals surface area (Å²) in [6.07, 6.45) is 0. The maximum atomic E-state index is 12.6. The van der Waals surface area contributed by atoms with Gasteiger partial charge in [-0.15, -0.1) is 11.3 Å². The van der Waals surface area contributed by atoms with Crippen molar-refractivity contribution in [3.8, 4) is 16.5 Å². The molecule has 0 bridgehead atoms. The van der Waals surface area contributed by atoms with E-state index in [0.717, 1.165) is 33.8 Å². The van der Waals surface area contributed by atoms with Crippen LogP contribution in [0.25, 0.3) is 26.8 Å². The smallest absolute Gasteiger partial charge is 0.251 e. The lowest BCUT2D eigenvalue weighted by molar-refractivity contribution is 0.153. The molecule has 34 heavy (non-hydrogen) atoms. The summed E-state index contributed by atoms with van der Waals surface area (Å²) in [5.41, 5.74) is 2.71. The van der Waals surface area contributed by atoms with E-state index in [1.807, 2.05) is 25.1 Å². The van der Waals surface area contributed by atoms with Crippen molar-refractivity contribution in [2.45, 2.75) is 27.7 Å². The van der Waals surface area contributed by atoms with Gasteiger partial charge < -0.3 is 9.64 Å². The summed E-state index contributed by atoms with van der Waals surface area (Å²) in [6.45, 7) is 10.6. The Morgan fingerprint density at radius 2 is 1.76 bits per heavy atom. The number of hydrogen-bond donors (Lipinski definition) is 1. The maximum absolute atomic E-state index is 12.6. The fourth-order valence-corrected chi connectivity index (χ4v) is 5.99. The zero-order chi connectivity index (χ0) is 24.7. The van der Waals surface area contributed by atoms with E-state index in [4.69, 9.17) is 4.74 Å². The lowest BCUT2D eigenvalue weighted by Gasteiger charge is -2.21. The minimum Gasteiger partial charge on any atom is -0.380 e. The van der Waals surface area contributed by atoms with E-state index >= 15 is 0 Å². The molecule has 0 spiro atoms. The van der Waals surface area contributed by atoms with Gasteiger partial charge in [-0.05, 0) is 79.9 Å². The Hall–Kier alpha value is -2.70. The molecule has 0 unspecified atom stereocenters. The third-order valence-corrected chi connectivity index (χ3v) is 8.44. The number of thiophene rings is 1. The van der Waals surface area contributed by atoms with Gasteiger partial charge in [0.1, 0.15) is 6.07 Å². The van der Waals surface area contributed by atoms with E-state index in [1.54, 1.807) is 6.92 Å². The fraction of sp³-hybridized carbons (Fsp3) is 0.346. The van der Waals surface area contributed by atoms with Gasteiger partial charge in [0.05, 0.1) is 6.61 Å². The van der Waals surface area contributed by atoms with Crippen LogP contribution in [0.5, 0.6) is 0 Å². The first kappa shape index (κ1) is 25.9. The molecular formula is C26H31N3O3S2. The molecule has 2 aromatic carbocycles. The van der Waals surface area contributed by atoms with Gasteiger partial charge in [0.2, 0.25) is 0 Å². The van der Waals surface area contributed by atoms with Crippen LogP contribution in [0.2, 0.25) is 0 Å². The molecule has 0 atom stereocenters. The highest BCUT2D eigenvalue weighted by Gasteiger charge is 2.21. The number of nitrogens with one attached hydrogen (secondary N) is 1. The SMILES string of the molecule is CCOCCNS(=O)(=O)/C(C#N)=C(\C)c1ccc(-c2ccc3cc(N(CC)CC)ccc3c2)s1. The van der Waals surface area contributed by atoms with Crippen LogP contribution in [0.4, 0.5) is 5.69 Å². The second-order valence-corrected chi connectivity index (χ2v) is 10.5. The Morgan fingerprint density at radius 3 is 2.44 bits per heavy atom. The zero-order valence-corrected chi connectivity index (χ0v) is 21.7. The molecule has 0 fully saturated rings. The normalized spacial score (nSPS) is 12.4. The summed E-state index contributed by atoms with van der Waals surface area (Å²) in [7, 11) is -3.91. The van der Waals surface area contributed by atoms with E-state index in [9.17, 15) is 13.7 Å². The molecule has 0 radical (unpaired) electrons. The second kappa shape index (κ2) is 11.6. The quantitative estimate of drug-likeness (QED) is 0.274. The summed E-state index contributed by atoms with van der Waals surface area (Å²) in [4.78, 5) is 3.82. The first-order chi connectivity index (χ1) is 16.3. The van der Waals surface area contributed by atoms with Crippen LogP contribution in [0.1, 0.15) is 32.6 Å². The van der Waals surface area contributed by atoms with Crippen LogP contribution < -0.4 is 9.62 Å². The number of nitrogens with zero attached hydrogens (tertiary/aromatic N) is 2. The molecule has 0 saturated carbocycles. The molecule has 180 valence electrons. The molecule has 3 aromatic rings. The van der Waals surface area contributed by atoms with E-state index < -0.39 is 10.0 Å². The van der Waals surface area contributed by atoms with Crippen molar-refractivity contribution in [1.82, 2.24) is 4.72 Å². The molecule has 0 amide bonds. The van der Waals surface area contributed by atoms with Gasteiger partial charge in [-0.2, -0.15) is 5.26 Å². The van der Waals surface area contributed by atoms with E-state index in [0.29, 0.717) is 12.2 Å². The minimum atomic E-state index is -3.91. The monoisotopic (exact) mass is 497 g/mol. The number of allylic oxidation sites excluding steroid dienone is 2. The number of nitriles is 1. The van der Waals surface area contributed by atoms with Crippen LogP contribution in [0, 0.1) is 11.3 Å². The predicted molar refractivity (Wildman–Crippen MR) is 142 cm³/mol. The minimum absolute atomic E-state index is 0.122. The summed E-state index contributed by atoms with van der Waals surface area (Å²) in [5.74, 6) is 0. The predicted octanol–water partition coefficient (Wildman–Crippen LogP) is 5.62. The Balaban J connectivity index is 1.88. The molecule has 0 aliphatic carbocycles. The zero-order valence-electron chi connectivity index (χ0n) is 20.1. The van der Waals surface area contributed by atoms with Gasteiger partial charge in [0, 0.05) is 41.7 Å². The number of anilines is 1. The molecule has 1 heterocycles. The molecule has 0 aliphatic rings. The van der Waals surface area contributed by atoms with Crippen molar-refractivity contribution in [2.75, 3.05) is 37.7 Å². The van der Waals surface area contributed by atoms with Gasteiger partial charge in [-0.3, -0.25) is 0 Å². The highest BCUT2D eigenvalue weighted by atomic mass is 32.2. The van der Waals surface area contributed by atoms with E-state index in [-0.39, 0.29) is 18.1 Å². The van der Waals surface area contributed by atoms with Gasteiger partial charge in [0.15, 0.2) is 4.91 Å². The maximum Gasteiger partial charge on any atom is 0.251 e. The second-order valence-electron chi connectivity index (χ2n) is 7.74. The number of rotatable bonds is 11. The van der Waals surface area contributed by atoms with Gasteiger partial charge >= 0.3 is 0 Å². The number of hydrogen-bond acceptors (Lipinski definition) is 6. The van der Waals surface area contributed by atoms with Gasteiger partial charge in [-0.25, -0.2) is 13.1 Å². The fourth-order valence-electron chi connectivity index (χ4n) is 3.79. The summed E-state index contributed by atoms with van der Waals surface area (Å²) in [5, 5.41) is 11.9. The van der Waals surface area contributed by atoms with Crippen LogP contribution in [-0.2, 0) is 14.8 Å². The van der Waals surface area contributed by atoms with E-state index in [2.05, 4.69) is 59.9 Å². The standard InChI is InChI=1S/C26H31N3O3S2/c1-5-29(6-2)23-11-10-20-16-22(9-8-21(20)17-23)25-13-12-24(33-25)19(4)26(18-27)34(30,31)28-14-15-32-7-3/h8-13,16-17,28H,5-7,14-15H2,1-4H3/b26-19+. The van der Waals surface area contributed by atoms with Crippen LogP contribution in [0.15, 0.2) is 53.4 Å². The number of sulfonamides is 1.